The van der Waals surface area contributed by atoms with Crippen LogP contribution in [-0.4, -0.2) is 6.04 Å². The monoisotopic (exact) mass is 151 g/mol. The second-order valence-electron chi connectivity index (χ2n) is 2.64. The summed E-state index contributed by atoms with van der Waals surface area (Å²) in [5.74, 6) is 0. The molecule has 0 amide bonds. The molecule has 2 N–H and O–H groups in total. The zero-order valence-electron chi connectivity index (χ0n) is 7.38. The Bertz CT molecular complexity index is 164. The van der Waals surface area contributed by atoms with E-state index in [0.29, 0.717) is 0 Å². The summed E-state index contributed by atoms with van der Waals surface area (Å²) in [5.41, 5.74) is 6.90. The molecule has 62 valence electrons. The van der Waals surface area contributed by atoms with E-state index in [2.05, 4.69) is 12.7 Å². The van der Waals surface area contributed by atoms with Gasteiger partial charge in [0.25, 0.3) is 0 Å². The topological polar surface area (TPSA) is 26.0 Å². The SMILES string of the molecule is C=C/C=C\C(=C/C)CC(C)N. The van der Waals surface area contributed by atoms with Crippen molar-refractivity contribution in [2.45, 2.75) is 26.3 Å². The van der Waals surface area contributed by atoms with E-state index in [4.69, 9.17) is 5.73 Å². The van der Waals surface area contributed by atoms with E-state index in [1.54, 1.807) is 6.08 Å². The molecule has 0 aromatic rings. The maximum absolute atomic E-state index is 5.64. The van der Waals surface area contributed by atoms with Crippen LogP contribution in [0, 0.1) is 0 Å². The number of hydrogen-bond acceptors (Lipinski definition) is 1. The number of rotatable bonds is 4. The molecule has 0 aliphatic carbocycles. The molecule has 0 aromatic heterocycles. The van der Waals surface area contributed by atoms with Crippen molar-refractivity contribution >= 4 is 0 Å². The molecule has 0 aliphatic rings. The van der Waals surface area contributed by atoms with Gasteiger partial charge in [0, 0.05) is 6.04 Å². The van der Waals surface area contributed by atoms with E-state index in [9.17, 15) is 0 Å². The first-order valence-electron chi connectivity index (χ1n) is 3.90. The Hall–Kier alpha value is -0.820. The zero-order valence-corrected chi connectivity index (χ0v) is 7.38. The van der Waals surface area contributed by atoms with Gasteiger partial charge in [-0.25, -0.2) is 0 Å². The summed E-state index contributed by atoms with van der Waals surface area (Å²) in [6.07, 6.45) is 8.74. The summed E-state index contributed by atoms with van der Waals surface area (Å²) in [6, 6.07) is 0.232. The van der Waals surface area contributed by atoms with E-state index >= 15 is 0 Å². The molecule has 0 bridgehead atoms. The summed E-state index contributed by atoms with van der Waals surface area (Å²) in [7, 11) is 0. The lowest BCUT2D eigenvalue weighted by Gasteiger charge is -2.04. The fourth-order valence-electron chi connectivity index (χ4n) is 0.846. The highest BCUT2D eigenvalue weighted by Gasteiger charge is 1.95. The molecule has 1 nitrogen and oxygen atoms in total. The van der Waals surface area contributed by atoms with Gasteiger partial charge in [-0.3, -0.25) is 0 Å². The van der Waals surface area contributed by atoms with Crippen molar-refractivity contribution in [3.8, 4) is 0 Å². The van der Waals surface area contributed by atoms with Crippen LogP contribution in [0.1, 0.15) is 20.3 Å². The molecule has 0 spiro atoms. The van der Waals surface area contributed by atoms with Crippen molar-refractivity contribution in [1.29, 1.82) is 0 Å². The van der Waals surface area contributed by atoms with Gasteiger partial charge in [-0.2, -0.15) is 0 Å². The van der Waals surface area contributed by atoms with Crippen molar-refractivity contribution in [3.63, 3.8) is 0 Å². The Morgan fingerprint density at radius 3 is 2.64 bits per heavy atom. The van der Waals surface area contributed by atoms with Crippen LogP contribution in [0.2, 0.25) is 0 Å². The minimum atomic E-state index is 0.232. The molecule has 0 rings (SSSR count). The zero-order chi connectivity index (χ0) is 8.69. The fourth-order valence-corrected chi connectivity index (χ4v) is 0.846. The van der Waals surface area contributed by atoms with Crippen LogP contribution in [0.4, 0.5) is 0 Å². The normalized spacial score (nSPS) is 15.4. The highest BCUT2D eigenvalue weighted by molar-refractivity contribution is 5.21. The third-order valence-electron chi connectivity index (χ3n) is 1.37. The van der Waals surface area contributed by atoms with Gasteiger partial charge < -0.3 is 5.73 Å². The number of hydrogen-bond donors (Lipinski definition) is 1. The highest BCUT2D eigenvalue weighted by Crippen LogP contribution is 2.05. The average molecular weight is 151 g/mol. The highest BCUT2D eigenvalue weighted by atomic mass is 14.6. The van der Waals surface area contributed by atoms with E-state index < -0.39 is 0 Å². The smallest absolute Gasteiger partial charge is 0.00507 e. The third kappa shape index (κ3) is 5.62. The minimum absolute atomic E-state index is 0.232. The predicted octanol–water partition coefficient (Wildman–Crippen LogP) is 2.41. The van der Waals surface area contributed by atoms with Crippen LogP contribution in [-0.2, 0) is 0 Å². The Morgan fingerprint density at radius 1 is 1.64 bits per heavy atom. The molecule has 1 heteroatoms. The van der Waals surface area contributed by atoms with E-state index in [1.807, 2.05) is 26.0 Å². The van der Waals surface area contributed by atoms with Crippen LogP contribution in [0.5, 0.6) is 0 Å². The Balaban J connectivity index is 3.98. The van der Waals surface area contributed by atoms with Crippen LogP contribution >= 0.6 is 0 Å². The molecule has 0 heterocycles. The van der Waals surface area contributed by atoms with Gasteiger partial charge >= 0.3 is 0 Å². The van der Waals surface area contributed by atoms with Crippen LogP contribution in [0.3, 0.4) is 0 Å². The fraction of sp³-hybridized carbons (Fsp3) is 0.400. The van der Waals surface area contributed by atoms with E-state index in [1.165, 1.54) is 5.57 Å². The Kier molecular flexibility index (Phi) is 5.49. The molecule has 0 aliphatic heterocycles. The second-order valence-corrected chi connectivity index (χ2v) is 2.64. The van der Waals surface area contributed by atoms with Gasteiger partial charge in [-0.05, 0) is 20.3 Å². The Labute approximate surface area is 69.3 Å². The van der Waals surface area contributed by atoms with Gasteiger partial charge in [0.1, 0.15) is 0 Å². The lowest BCUT2D eigenvalue weighted by Crippen LogP contribution is -2.14. The van der Waals surface area contributed by atoms with Crippen molar-refractivity contribution in [3.05, 3.63) is 36.5 Å². The minimum Gasteiger partial charge on any atom is -0.328 e. The first-order chi connectivity index (χ1) is 5.20. The van der Waals surface area contributed by atoms with Crippen LogP contribution in [0.15, 0.2) is 36.5 Å². The summed E-state index contributed by atoms with van der Waals surface area (Å²) < 4.78 is 0. The maximum Gasteiger partial charge on any atom is 0.00507 e. The third-order valence-corrected chi connectivity index (χ3v) is 1.37. The molecule has 0 fully saturated rings. The molecule has 0 radical (unpaired) electrons. The molecular weight excluding hydrogens is 134 g/mol. The summed E-state index contributed by atoms with van der Waals surface area (Å²) >= 11 is 0. The summed E-state index contributed by atoms with van der Waals surface area (Å²) in [6.45, 7) is 7.63. The van der Waals surface area contributed by atoms with Crippen molar-refractivity contribution in [2.75, 3.05) is 0 Å². The standard InChI is InChI=1S/C10H17N/c1-4-6-7-10(5-2)8-9(3)11/h4-7,9H,1,8,11H2,2-3H3/b7-6-,10-5+. The molecule has 0 aromatic carbocycles. The van der Waals surface area contributed by atoms with Gasteiger partial charge in [-0.1, -0.05) is 36.5 Å². The quantitative estimate of drug-likeness (QED) is 0.613. The molecule has 0 saturated carbocycles. The number of allylic oxidation sites excluding steroid dienone is 4. The van der Waals surface area contributed by atoms with Crippen molar-refractivity contribution in [2.24, 2.45) is 5.73 Å². The van der Waals surface area contributed by atoms with E-state index in [0.717, 1.165) is 6.42 Å². The molecule has 1 unspecified atom stereocenters. The lowest BCUT2D eigenvalue weighted by molar-refractivity contribution is 0.740. The second kappa shape index (κ2) is 5.93. The van der Waals surface area contributed by atoms with Crippen LogP contribution in [0.25, 0.3) is 0 Å². The molecular formula is C10H17N. The van der Waals surface area contributed by atoms with Crippen LogP contribution < -0.4 is 5.73 Å². The maximum atomic E-state index is 5.64. The Morgan fingerprint density at radius 2 is 2.27 bits per heavy atom. The van der Waals surface area contributed by atoms with Crippen molar-refractivity contribution in [1.82, 2.24) is 0 Å². The summed E-state index contributed by atoms with van der Waals surface area (Å²) in [4.78, 5) is 0. The largest absolute Gasteiger partial charge is 0.328 e. The lowest BCUT2D eigenvalue weighted by atomic mass is 10.1. The predicted molar refractivity (Wildman–Crippen MR) is 51.4 cm³/mol. The van der Waals surface area contributed by atoms with E-state index in [-0.39, 0.29) is 6.04 Å². The summed E-state index contributed by atoms with van der Waals surface area (Å²) in [5, 5.41) is 0. The van der Waals surface area contributed by atoms with Gasteiger partial charge in [0.05, 0.1) is 0 Å². The van der Waals surface area contributed by atoms with Gasteiger partial charge in [0.15, 0.2) is 0 Å². The first kappa shape index (κ1) is 10.2. The number of nitrogens with two attached hydrogens (primary N) is 1. The van der Waals surface area contributed by atoms with Crippen molar-refractivity contribution < 1.29 is 0 Å². The molecule has 0 saturated heterocycles. The average Bonchev–Trinajstić information content (AvgIpc) is 1.97. The van der Waals surface area contributed by atoms with Gasteiger partial charge in [0.2, 0.25) is 0 Å². The molecule has 1 atom stereocenters. The van der Waals surface area contributed by atoms with Gasteiger partial charge in [-0.15, -0.1) is 0 Å². The first-order valence-corrected chi connectivity index (χ1v) is 3.90. The molecule has 11 heavy (non-hydrogen) atoms.